The van der Waals surface area contributed by atoms with Crippen LogP contribution in [0.5, 0.6) is 0 Å². The smallest absolute Gasteiger partial charge is 0.194 e. The second kappa shape index (κ2) is 4.84. The van der Waals surface area contributed by atoms with E-state index in [2.05, 4.69) is 0 Å². The van der Waals surface area contributed by atoms with Gasteiger partial charge in [-0.15, -0.1) is 0 Å². The van der Waals surface area contributed by atoms with Crippen molar-refractivity contribution in [2.24, 2.45) is 0 Å². The second-order valence-corrected chi connectivity index (χ2v) is 4.51. The van der Waals surface area contributed by atoms with E-state index in [9.17, 15) is 19.8 Å². The van der Waals surface area contributed by atoms with Crippen molar-refractivity contribution in [3.63, 3.8) is 0 Å². The summed E-state index contributed by atoms with van der Waals surface area (Å²) in [7, 11) is 0. The van der Waals surface area contributed by atoms with E-state index in [0.29, 0.717) is 12.0 Å². The lowest BCUT2D eigenvalue weighted by Crippen LogP contribution is -2.40. The third-order valence-electron chi connectivity index (χ3n) is 2.96. The molecular formula is C13H18O4. The van der Waals surface area contributed by atoms with Gasteiger partial charge in [0.25, 0.3) is 0 Å². The molecule has 0 aromatic rings. The van der Waals surface area contributed by atoms with E-state index in [1.165, 1.54) is 13.0 Å². The van der Waals surface area contributed by atoms with Crippen LogP contribution in [0.25, 0.3) is 0 Å². The fraction of sp³-hybridized carbons (Fsp3) is 0.538. The van der Waals surface area contributed by atoms with Gasteiger partial charge in [-0.3, -0.25) is 9.59 Å². The van der Waals surface area contributed by atoms with Gasteiger partial charge in [0.2, 0.25) is 0 Å². The minimum absolute atomic E-state index is 0.0862. The van der Waals surface area contributed by atoms with Crippen LogP contribution in [-0.2, 0) is 9.59 Å². The number of hydrogen-bond donors (Lipinski definition) is 2. The van der Waals surface area contributed by atoms with E-state index in [4.69, 9.17) is 0 Å². The summed E-state index contributed by atoms with van der Waals surface area (Å²) in [6.45, 7) is 4.74. The zero-order valence-electron chi connectivity index (χ0n) is 10.4. The van der Waals surface area contributed by atoms with Crippen LogP contribution in [0.3, 0.4) is 0 Å². The number of carbonyl (C=O) groups is 2. The van der Waals surface area contributed by atoms with E-state index in [-0.39, 0.29) is 11.4 Å². The van der Waals surface area contributed by atoms with E-state index in [1.807, 2.05) is 6.92 Å². The maximum absolute atomic E-state index is 11.9. The summed E-state index contributed by atoms with van der Waals surface area (Å²) < 4.78 is 0. The van der Waals surface area contributed by atoms with Gasteiger partial charge in [-0.25, -0.2) is 0 Å². The van der Waals surface area contributed by atoms with Crippen LogP contribution in [0, 0.1) is 0 Å². The van der Waals surface area contributed by atoms with Crippen molar-refractivity contribution in [1.29, 1.82) is 0 Å². The lowest BCUT2D eigenvalue weighted by Gasteiger charge is -2.26. The maximum atomic E-state index is 11.9. The topological polar surface area (TPSA) is 74.6 Å². The average molecular weight is 238 g/mol. The summed E-state index contributed by atoms with van der Waals surface area (Å²) in [4.78, 5) is 23.4. The first-order chi connectivity index (χ1) is 7.82. The van der Waals surface area contributed by atoms with E-state index >= 15 is 0 Å². The summed E-state index contributed by atoms with van der Waals surface area (Å²) in [6.07, 6.45) is 3.11. The predicted octanol–water partition coefficient (Wildman–Crippen LogP) is 1.84. The highest BCUT2D eigenvalue weighted by molar-refractivity contribution is 6.09. The number of rotatable bonds is 4. The van der Waals surface area contributed by atoms with E-state index in [0.717, 1.165) is 12.8 Å². The molecule has 0 radical (unpaired) electrons. The number of unbranched alkanes of at least 4 members (excludes halogenated alkanes) is 1. The van der Waals surface area contributed by atoms with Gasteiger partial charge in [0.1, 0.15) is 5.76 Å². The molecule has 0 bridgehead atoms. The molecule has 1 aliphatic rings. The number of carbonyl (C=O) groups excluding carboxylic acids is 2. The Labute approximate surface area is 101 Å². The van der Waals surface area contributed by atoms with Crippen molar-refractivity contribution in [3.05, 3.63) is 23.0 Å². The molecule has 0 aromatic carbocycles. The average Bonchev–Trinajstić information content (AvgIpc) is 2.24. The summed E-state index contributed by atoms with van der Waals surface area (Å²) in [6, 6.07) is 0. The van der Waals surface area contributed by atoms with Crippen molar-refractivity contribution in [2.75, 3.05) is 0 Å². The lowest BCUT2D eigenvalue weighted by atomic mass is 9.83. The van der Waals surface area contributed by atoms with Crippen LogP contribution < -0.4 is 0 Å². The van der Waals surface area contributed by atoms with Gasteiger partial charge in [-0.1, -0.05) is 13.3 Å². The van der Waals surface area contributed by atoms with Crippen LogP contribution >= 0.6 is 0 Å². The molecule has 1 unspecified atom stereocenters. The third kappa shape index (κ3) is 2.47. The predicted molar refractivity (Wildman–Crippen MR) is 63.6 cm³/mol. The Balaban J connectivity index is 3.12. The molecular weight excluding hydrogens is 220 g/mol. The zero-order chi connectivity index (χ0) is 13.2. The molecule has 0 heterocycles. The molecule has 1 aliphatic carbocycles. The van der Waals surface area contributed by atoms with E-state index in [1.54, 1.807) is 6.92 Å². The first-order valence-corrected chi connectivity index (χ1v) is 5.74. The minimum Gasteiger partial charge on any atom is -0.508 e. The Bertz CT molecular complexity index is 413. The first kappa shape index (κ1) is 13.6. The van der Waals surface area contributed by atoms with Gasteiger partial charge in [0, 0.05) is 6.42 Å². The molecule has 17 heavy (non-hydrogen) atoms. The second-order valence-electron chi connectivity index (χ2n) is 4.51. The fourth-order valence-corrected chi connectivity index (χ4v) is 1.77. The lowest BCUT2D eigenvalue weighted by molar-refractivity contribution is -0.130. The van der Waals surface area contributed by atoms with Crippen LogP contribution in [-0.4, -0.2) is 27.4 Å². The summed E-state index contributed by atoms with van der Waals surface area (Å²) in [5.74, 6) is -1.35. The van der Waals surface area contributed by atoms with Crippen LogP contribution in [0.4, 0.5) is 0 Å². The van der Waals surface area contributed by atoms with Crippen LogP contribution in [0.2, 0.25) is 0 Å². The van der Waals surface area contributed by atoms with Crippen molar-refractivity contribution in [2.45, 2.75) is 45.6 Å². The number of ketones is 2. The molecule has 94 valence electrons. The Hall–Kier alpha value is -1.42. The largest absolute Gasteiger partial charge is 0.508 e. The Morgan fingerprint density at radius 3 is 2.59 bits per heavy atom. The quantitative estimate of drug-likeness (QED) is 0.783. The first-order valence-electron chi connectivity index (χ1n) is 5.74. The number of aliphatic hydroxyl groups is 2. The van der Waals surface area contributed by atoms with Crippen molar-refractivity contribution >= 4 is 11.6 Å². The molecule has 4 heteroatoms. The van der Waals surface area contributed by atoms with Gasteiger partial charge >= 0.3 is 0 Å². The molecule has 0 spiro atoms. The van der Waals surface area contributed by atoms with Gasteiger partial charge < -0.3 is 10.2 Å². The molecule has 0 amide bonds. The molecule has 1 rings (SSSR count). The number of aliphatic hydroxyl groups excluding tert-OH is 1. The maximum Gasteiger partial charge on any atom is 0.194 e. The van der Waals surface area contributed by atoms with Crippen molar-refractivity contribution < 1.29 is 19.8 Å². The summed E-state index contributed by atoms with van der Waals surface area (Å²) in [5, 5.41) is 19.7. The molecule has 0 saturated heterocycles. The van der Waals surface area contributed by atoms with Gasteiger partial charge in [0.05, 0.1) is 5.57 Å². The zero-order valence-corrected chi connectivity index (χ0v) is 10.4. The van der Waals surface area contributed by atoms with Crippen LogP contribution in [0.1, 0.15) is 40.0 Å². The fourth-order valence-electron chi connectivity index (χ4n) is 1.77. The standard InChI is InChI=1S/C13H18O4/c1-4-5-6-9(14)11-8(2)7-10(15)13(3,17)12(11)16/h7,16-17H,4-6H2,1-3H3. The van der Waals surface area contributed by atoms with Gasteiger partial charge in [-0.2, -0.15) is 0 Å². The van der Waals surface area contributed by atoms with E-state index < -0.39 is 17.1 Å². The Kier molecular flexibility index (Phi) is 3.88. The molecule has 0 saturated carbocycles. The number of allylic oxidation sites excluding steroid dienone is 2. The molecule has 1 atom stereocenters. The number of hydrogen-bond acceptors (Lipinski definition) is 4. The van der Waals surface area contributed by atoms with Crippen molar-refractivity contribution in [3.8, 4) is 0 Å². The SMILES string of the molecule is CCCCC(=O)C1=C(O)C(C)(O)C(=O)C=C1C. The van der Waals surface area contributed by atoms with Crippen molar-refractivity contribution in [1.82, 2.24) is 0 Å². The highest BCUT2D eigenvalue weighted by Gasteiger charge is 2.40. The summed E-state index contributed by atoms with van der Waals surface area (Å²) >= 11 is 0. The molecule has 2 N–H and O–H groups in total. The highest BCUT2D eigenvalue weighted by Crippen LogP contribution is 2.30. The monoisotopic (exact) mass is 238 g/mol. The molecule has 0 aromatic heterocycles. The van der Waals surface area contributed by atoms with Crippen LogP contribution in [0.15, 0.2) is 23.0 Å². The Morgan fingerprint density at radius 1 is 1.47 bits per heavy atom. The Morgan fingerprint density at radius 2 is 2.06 bits per heavy atom. The normalized spacial score (nSPS) is 24.9. The van der Waals surface area contributed by atoms with Gasteiger partial charge in [0.15, 0.2) is 17.2 Å². The summed E-state index contributed by atoms with van der Waals surface area (Å²) in [5.41, 5.74) is -1.47. The highest BCUT2D eigenvalue weighted by atomic mass is 16.3. The minimum atomic E-state index is -1.98. The number of Topliss-reactive ketones (excluding diaryl/α,β-unsaturated/α-hetero) is 1. The van der Waals surface area contributed by atoms with Gasteiger partial charge in [-0.05, 0) is 31.9 Å². The third-order valence-corrected chi connectivity index (χ3v) is 2.96. The molecule has 0 fully saturated rings. The molecule has 0 aliphatic heterocycles. The molecule has 4 nitrogen and oxygen atoms in total.